The van der Waals surface area contributed by atoms with Gasteiger partial charge in [-0.2, -0.15) is 5.26 Å². The zero-order valence-electron chi connectivity index (χ0n) is 12.4. The Morgan fingerprint density at radius 2 is 1.91 bits per heavy atom. The van der Waals surface area contributed by atoms with E-state index in [2.05, 4.69) is 56.9 Å². The summed E-state index contributed by atoms with van der Waals surface area (Å²) >= 11 is 3.44. The quantitative estimate of drug-likeness (QED) is 0.861. The van der Waals surface area contributed by atoms with E-state index in [-0.39, 0.29) is 24.0 Å². The highest BCUT2D eigenvalue weighted by molar-refractivity contribution is 9.10. The van der Waals surface area contributed by atoms with Gasteiger partial charge >= 0.3 is 6.03 Å². The predicted octanol–water partition coefficient (Wildman–Crippen LogP) is 3.69. The number of nitrogens with zero attached hydrogens (tertiary/aromatic N) is 1. The monoisotopic (exact) mass is 361 g/mol. The molecule has 2 unspecified atom stereocenters. The molecule has 2 N–H and O–H groups in total. The van der Waals surface area contributed by atoms with Gasteiger partial charge in [0.2, 0.25) is 0 Å². The highest BCUT2D eigenvalue weighted by atomic mass is 79.9. The van der Waals surface area contributed by atoms with Crippen LogP contribution in [-0.2, 0) is 0 Å². The Balaban J connectivity index is 1.43. The summed E-state index contributed by atoms with van der Waals surface area (Å²) in [5.74, 6) is 0.513. The lowest BCUT2D eigenvalue weighted by molar-refractivity contribution is 0.217. The van der Waals surface area contributed by atoms with Crippen molar-refractivity contribution < 1.29 is 4.79 Å². The van der Waals surface area contributed by atoms with Gasteiger partial charge in [-0.1, -0.05) is 28.1 Å². The standard InChI is InChI=1S/C17H20BrN3O/c18-14-6-4-11(5-7-14)13-8-15(9-13)20-17(22)21-16-3-1-2-12(16)10-19/h4-7,12-13,15-16H,1-3,8-9H2,(H2,20,21,22). The molecule has 0 saturated heterocycles. The van der Waals surface area contributed by atoms with Crippen LogP contribution in [0.2, 0.25) is 0 Å². The Hall–Kier alpha value is -1.54. The number of nitrogens with one attached hydrogen (secondary N) is 2. The second-order valence-corrected chi connectivity index (χ2v) is 7.22. The largest absolute Gasteiger partial charge is 0.335 e. The lowest BCUT2D eigenvalue weighted by Crippen LogP contribution is -2.50. The van der Waals surface area contributed by atoms with Crippen molar-refractivity contribution in [2.24, 2.45) is 5.92 Å². The fourth-order valence-corrected chi connectivity index (χ4v) is 3.69. The molecular formula is C17H20BrN3O. The van der Waals surface area contributed by atoms with E-state index in [0.29, 0.717) is 5.92 Å². The molecule has 0 radical (unpaired) electrons. The number of carbonyl (C=O) groups is 1. The third-order valence-electron chi connectivity index (χ3n) is 4.81. The van der Waals surface area contributed by atoms with Gasteiger partial charge in [-0.15, -0.1) is 0 Å². The molecule has 2 fully saturated rings. The SMILES string of the molecule is N#CC1CCCC1NC(=O)NC1CC(c2ccc(Br)cc2)C1. The predicted molar refractivity (Wildman–Crippen MR) is 88.3 cm³/mol. The third-order valence-corrected chi connectivity index (χ3v) is 5.34. The molecule has 2 aliphatic carbocycles. The Labute approximate surface area is 139 Å². The number of hydrogen-bond acceptors (Lipinski definition) is 2. The minimum Gasteiger partial charge on any atom is -0.335 e. The zero-order valence-corrected chi connectivity index (χ0v) is 14.0. The first kappa shape index (κ1) is 15.4. The molecule has 5 heteroatoms. The molecule has 4 nitrogen and oxygen atoms in total. The van der Waals surface area contributed by atoms with Crippen LogP contribution in [0.1, 0.15) is 43.6 Å². The summed E-state index contributed by atoms with van der Waals surface area (Å²) < 4.78 is 1.09. The van der Waals surface area contributed by atoms with Gasteiger partial charge in [0.1, 0.15) is 0 Å². The van der Waals surface area contributed by atoms with Gasteiger partial charge in [0.25, 0.3) is 0 Å². The van der Waals surface area contributed by atoms with Gasteiger partial charge in [0, 0.05) is 16.6 Å². The summed E-state index contributed by atoms with van der Waals surface area (Å²) in [5.41, 5.74) is 1.34. The average Bonchev–Trinajstić information content (AvgIpc) is 2.91. The number of urea groups is 1. The molecule has 0 bridgehead atoms. The van der Waals surface area contributed by atoms with Crippen molar-refractivity contribution in [3.8, 4) is 6.07 Å². The highest BCUT2D eigenvalue weighted by Gasteiger charge is 2.33. The lowest BCUT2D eigenvalue weighted by Gasteiger charge is -2.36. The molecule has 3 rings (SSSR count). The molecular weight excluding hydrogens is 342 g/mol. The second kappa shape index (κ2) is 6.70. The molecule has 0 spiro atoms. The van der Waals surface area contributed by atoms with Gasteiger partial charge in [0.15, 0.2) is 0 Å². The molecule has 1 aromatic rings. The molecule has 1 aromatic carbocycles. The number of carbonyl (C=O) groups excluding carboxylic acids is 1. The van der Waals surface area contributed by atoms with Crippen molar-refractivity contribution in [1.82, 2.24) is 10.6 Å². The fraction of sp³-hybridized carbons (Fsp3) is 0.529. The van der Waals surface area contributed by atoms with E-state index in [4.69, 9.17) is 5.26 Å². The lowest BCUT2D eigenvalue weighted by atomic mass is 9.76. The highest BCUT2D eigenvalue weighted by Crippen LogP contribution is 2.37. The number of rotatable bonds is 3. The summed E-state index contributed by atoms with van der Waals surface area (Å²) in [5, 5.41) is 15.0. The van der Waals surface area contributed by atoms with Gasteiger partial charge in [-0.3, -0.25) is 0 Å². The van der Waals surface area contributed by atoms with Crippen molar-refractivity contribution in [3.05, 3.63) is 34.3 Å². The maximum Gasteiger partial charge on any atom is 0.315 e. The van der Waals surface area contributed by atoms with Crippen LogP contribution >= 0.6 is 15.9 Å². The van der Waals surface area contributed by atoms with E-state index in [0.717, 1.165) is 36.6 Å². The van der Waals surface area contributed by atoms with E-state index in [1.165, 1.54) is 5.56 Å². The van der Waals surface area contributed by atoms with Crippen LogP contribution in [0.3, 0.4) is 0 Å². The first-order valence-electron chi connectivity index (χ1n) is 7.88. The number of amides is 2. The Bertz CT molecular complexity index is 575. The number of hydrogen-bond donors (Lipinski definition) is 2. The van der Waals surface area contributed by atoms with Crippen LogP contribution in [0.15, 0.2) is 28.7 Å². The van der Waals surface area contributed by atoms with E-state index in [1.807, 2.05) is 0 Å². The average molecular weight is 362 g/mol. The summed E-state index contributed by atoms with van der Waals surface area (Å²) in [6.07, 6.45) is 4.81. The van der Waals surface area contributed by atoms with Crippen molar-refractivity contribution in [2.75, 3.05) is 0 Å². The van der Waals surface area contributed by atoms with Gasteiger partial charge in [0.05, 0.1) is 12.0 Å². The van der Waals surface area contributed by atoms with Crippen LogP contribution in [0, 0.1) is 17.2 Å². The van der Waals surface area contributed by atoms with E-state index in [9.17, 15) is 4.79 Å². The van der Waals surface area contributed by atoms with Crippen LogP contribution in [0.25, 0.3) is 0 Å². The minimum absolute atomic E-state index is 0.0207. The summed E-state index contributed by atoms with van der Waals surface area (Å²) in [4.78, 5) is 12.0. The fourth-order valence-electron chi connectivity index (χ4n) is 3.43. The number of benzene rings is 1. The van der Waals surface area contributed by atoms with Crippen molar-refractivity contribution in [1.29, 1.82) is 5.26 Å². The summed E-state index contributed by atoms with van der Waals surface area (Å²) in [6, 6.07) is 10.8. The normalized spacial score (nSPS) is 30.2. The zero-order chi connectivity index (χ0) is 15.5. The van der Waals surface area contributed by atoms with Gasteiger partial charge in [-0.25, -0.2) is 4.79 Å². The summed E-state index contributed by atoms with van der Waals surface area (Å²) in [7, 11) is 0. The molecule has 2 atom stereocenters. The third kappa shape index (κ3) is 3.44. The van der Waals surface area contributed by atoms with E-state index >= 15 is 0 Å². The van der Waals surface area contributed by atoms with Gasteiger partial charge < -0.3 is 10.6 Å². The second-order valence-electron chi connectivity index (χ2n) is 6.31. The molecule has 2 saturated carbocycles. The first-order chi connectivity index (χ1) is 10.7. The molecule has 2 aliphatic rings. The number of nitriles is 1. The van der Waals surface area contributed by atoms with Crippen LogP contribution in [0.4, 0.5) is 4.79 Å². The van der Waals surface area contributed by atoms with Crippen molar-refractivity contribution in [2.45, 2.75) is 50.1 Å². The van der Waals surface area contributed by atoms with Crippen molar-refractivity contribution in [3.63, 3.8) is 0 Å². The van der Waals surface area contributed by atoms with Gasteiger partial charge in [-0.05, 0) is 55.7 Å². The topological polar surface area (TPSA) is 64.9 Å². The first-order valence-corrected chi connectivity index (χ1v) is 8.67. The maximum absolute atomic E-state index is 12.0. The van der Waals surface area contributed by atoms with Crippen LogP contribution in [0.5, 0.6) is 0 Å². The van der Waals surface area contributed by atoms with Crippen molar-refractivity contribution >= 4 is 22.0 Å². The molecule has 116 valence electrons. The summed E-state index contributed by atoms with van der Waals surface area (Å²) in [6.45, 7) is 0. The molecule has 0 aromatic heterocycles. The van der Waals surface area contributed by atoms with E-state index in [1.54, 1.807) is 0 Å². The Morgan fingerprint density at radius 3 is 2.59 bits per heavy atom. The van der Waals surface area contributed by atoms with Crippen LogP contribution < -0.4 is 10.6 Å². The van der Waals surface area contributed by atoms with Crippen LogP contribution in [-0.4, -0.2) is 18.1 Å². The minimum atomic E-state index is -0.119. The molecule has 2 amide bonds. The Morgan fingerprint density at radius 1 is 1.18 bits per heavy atom. The molecule has 0 heterocycles. The maximum atomic E-state index is 12.0. The molecule has 0 aliphatic heterocycles. The number of halogens is 1. The Kier molecular flexibility index (Phi) is 4.68. The molecule has 22 heavy (non-hydrogen) atoms. The van der Waals surface area contributed by atoms with E-state index < -0.39 is 0 Å². The smallest absolute Gasteiger partial charge is 0.315 e.